The van der Waals surface area contributed by atoms with E-state index < -0.39 is 17.9 Å². The molecule has 0 spiro atoms. The molecular formula is C21H20N2O3. The summed E-state index contributed by atoms with van der Waals surface area (Å²) >= 11 is 0. The molecule has 3 amide bonds. The van der Waals surface area contributed by atoms with E-state index in [0.717, 1.165) is 15.8 Å². The van der Waals surface area contributed by atoms with E-state index in [2.05, 4.69) is 25.7 Å². The molecule has 2 aromatic carbocycles. The Morgan fingerprint density at radius 2 is 1.85 bits per heavy atom. The van der Waals surface area contributed by atoms with E-state index in [4.69, 9.17) is 0 Å². The van der Waals surface area contributed by atoms with Crippen molar-refractivity contribution in [3.8, 4) is 0 Å². The van der Waals surface area contributed by atoms with Crippen LogP contribution in [0.25, 0.3) is 10.8 Å². The van der Waals surface area contributed by atoms with Gasteiger partial charge in [-0.2, -0.15) is 0 Å². The SMILES string of the molecule is C=C1CCC(N2C(=O)c3cccc4cc(C(C)C)cc(c34)C2=O)C(=O)N1. The molecule has 1 fully saturated rings. The van der Waals surface area contributed by atoms with Crippen molar-refractivity contribution in [2.75, 3.05) is 0 Å². The van der Waals surface area contributed by atoms with Crippen LogP contribution in [0.1, 0.15) is 58.9 Å². The normalized spacial score (nSPS) is 20.1. The van der Waals surface area contributed by atoms with E-state index in [1.165, 1.54) is 0 Å². The van der Waals surface area contributed by atoms with Gasteiger partial charge < -0.3 is 5.32 Å². The van der Waals surface area contributed by atoms with Crippen molar-refractivity contribution in [2.24, 2.45) is 0 Å². The lowest BCUT2D eigenvalue weighted by Gasteiger charge is -2.35. The average molecular weight is 348 g/mol. The molecule has 4 rings (SSSR count). The minimum Gasteiger partial charge on any atom is -0.329 e. The third kappa shape index (κ3) is 2.35. The maximum atomic E-state index is 13.2. The Balaban J connectivity index is 1.89. The molecule has 2 aromatic rings. The summed E-state index contributed by atoms with van der Waals surface area (Å²) in [6, 6.07) is 8.55. The number of imide groups is 1. The number of hydrogen-bond donors (Lipinski definition) is 1. The van der Waals surface area contributed by atoms with Crippen molar-refractivity contribution in [2.45, 2.75) is 38.6 Å². The van der Waals surface area contributed by atoms with Crippen molar-refractivity contribution in [1.82, 2.24) is 10.2 Å². The second-order valence-electron chi connectivity index (χ2n) is 7.25. The summed E-state index contributed by atoms with van der Waals surface area (Å²) in [7, 11) is 0. The van der Waals surface area contributed by atoms with Crippen LogP contribution in [0.15, 0.2) is 42.6 Å². The first-order valence-corrected chi connectivity index (χ1v) is 8.81. The molecule has 0 radical (unpaired) electrons. The quantitative estimate of drug-likeness (QED) is 0.847. The standard InChI is InChI=1S/C21H20N2O3/c1-11(2)14-9-13-5-4-6-15-18(13)16(10-14)21(26)23(20(15)25)17-8-7-12(3)22-19(17)24/h4-6,9-11,17H,3,7-8H2,1-2H3,(H,22,24). The van der Waals surface area contributed by atoms with Crippen LogP contribution in [0.2, 0.25) is 0 Å². The molecule has 132 valence electrons. The number of carbonyl (C=O) groups is 3. The van der Waals surface area contributed by atoms with Gasteiger partial charge in [0.1, 0.15) is 6.04 Å². The molecule has 2 heterocycles. The fraction of sp³-hybridized carbons (Fsp3) is 0.286. The third-order valence-electron chi connectivity index (χ3n) is 5.20. The molecule has 5 nitrogen and oxygen atoms in total. The maximum Gasteiger partial charge on any atom is 0.262 e. The van der Waals surface area contributed by atoms with Crippen LogP contribution in [-0.4, -0.2) is 28.7 Å². The molecule has 0 aliphatic carbocycles. The summed E-state index contributed by atoms with van der Waals surface area (Å²) in [4.78, 5) is 39.8. The predicted molar refractivity (Wildman–Crippen MR) is 98.8 cm³/mol. The zero-order chi connectivity index (χ0) is 18.6. The van der Waals surface area contributed by atoms with Crippen LogP contribution >= 0.6 is 0 Å². The van der Waals surface area contributed by atoms with E-state index >= 15 is 0 Å². The van der Waals surface area contributed by atoms with Crippen molar-refractivity contribution >= 4 is 28.5 Å². The molecule has 1 N–H and O–H groups in total. The van der Waals surface area contributed by atoms with Gasteiger partial charge in [0, 0.05) is 22.2 Å². The summed E-state index contributed by atoms with van der Waals surface area (Å²) in [6.07, 6.45) is 0.952. The fourth-order valence-electron chi connectivity index (χ4n) is 3.77. The topological polar surface area (TPSA) is 66.5 Å². The molecule has 1 unspecified atom stereocenters. The third-order valence-corrected chi connectivity index (χ3v) is 5.20. The van der Waals surface area contributed by atoms with Crippen LogP contribution in [0.4, 0.5) is 0 Å². The van der Waals surface area contributed by atoms with E-state index in [9.17, 15) is 14.4 Å². The first-order chi connectivity index (χ1) is 12.4. The second-order valence-corrected chi connectivity index (χ2v) is 7.25. The van der Waals surface area contributed by atoms with Crippen LogP contribution in [0.5, 0.6) is 0 Å². The number of nitrogens with one attached hydrogen (secondary N) is 1. The Bertz CT molecular complexity index is 990. The van der Waals surface area contributed by atoms with Crippen LogP contribution in [-0.2, 0) is 4.79 Å². The first-order valence-electron chi connectivity index (χ1n) is 8.81. The number of piperidine rings is 1. The number of hydrogen-bond acceptors (Lipinski definition) is 3. The van der Waals surface area contributed by atoms with E-state index in [0.29, 0.717) is 35.1 Å². The van der Waals surface area contributed by atoms with Gasteiger partial charge in [0.2, 0.25) is 5.91 Å². The summed E-state index contributed by atoms with van der Waals surface area (Å²) in [6.45, 7) is 7.89. The molecular weight excluding hydrogens is 328 g/mol. The summed E-state index contributed by atoms with van der Waals surface area (Å²) in [5.41, 5.74) is 2.63. The number of amides is 3. The Morgan fingerprint density at radius 1 is 1.12 bits per heavy atom. The van der Waals surface area contributed by atoms with Crippen LogP contribution < -0.4 is 5.32 Å². The molecule has 2 aliphatic heterocycles. The van der Waals surface area contributed by atoms with Gasteiger partial charge in [0.25, 0.3) is 11.8 Å². The van der Waals surface area contributed by atoms with Gasteiger partial charge in [-0.25, -0.2) is 0 Å². The highest BCUT2D eigenvalue weighted by atomic mass is 16.2. The summed E-state index contributed by atoms with van der Waals surface area (Å²) in [5, 5.41) is 4.23. The largest absolute Gasteiger partial charge is 0.329 e. The minimum atomic E-state index is -0.799. The summed E-state index contributed by atoms with van der Waals surface area (Å²) in [5.74, 6) is -0.898. The zero-order valence-electron chi connectivity index (χ0n) is 14.8. The number of carbonyl (C=O) groups excluding carboxylic acids is 3. The predicted octanol–water partition coefficient (Wildman–Crippen LogP) is 3.35. The van der Waals surface area contributed by atoms with Crippen LogP contribution in [0.3, 0.4) is 0 Å². The van der Waals surface area contributed by atoms with Crippen LogP contribution in [0, 0.1) is 0 Å². The monoisotopic (exact) mass is 348 g/mol. The highest BCUT2D eigenvalue weighted by Crippen LogP contribution is 2.35. The molecule has 26 heavy (non-hydrogen) atoms. The minimum absolute atomic E-state index is 0.250. The Kier molecular flexibility index (Phi) is 3.68. The smallest absolute Gasteiger partial charge is 0.262 e. The van der Waals surface area contributed by atoms with Gasteiger partial charge in [-0.3, -0.25) is 19.3 Å². The van der Waals surface area contributed by atoms with Crippen molar-refractivity contribution < 1.29 is 14.4 Å². The molecule has 1 atom stereocenters. The number of rotatable bonds is 2. The van der Waals surface area contributed by atoms with Crippen molar-refractivity contribution in [3.05, 3.63) is 59.3 Å². The zero-order valence-corrected chi connectivity index (χ0v) is 14.8. The van der Waals surface area contributed by atoms with Gasteiger partial charge in [-0.15, -0.1) is 0 Å². The number of benzene rings is 2. The number of allylic oxidation sites excluding steroid dienone is 1. The molecule has 0 aromatic heterocycles. The van der Waals surface area contributed by atoms with E-state index in [1.54, 1.807) is 6.07 Å². The van der Waals surface area contributed by atoms with E-state index in [-0.39, 0.29) is 11.8 Å². The maximum absolute atomic E-state index is 13.2. The van der Waals surface area contributed by atoms with Gasteiger partial charge in [0.05, 0.1) is 0 Å². The summed E-state index contributed by atoms with van der Waals surface area (Å²) < 4.78 is 0. The Morgan fingerprint density at radius 3 is 2.54 bits per heavy atom. The van der Waals surface area contributed by atoms with Crippen molar-refractivity contribution in [3.63, 3.8) is 0 Å². The van der Waals surface area contributed by atoms with Gasteiger partial charge in [-0.1, -0.05) is 38.6 Å². The highest BCUT2D eigenvalue weighted by Gasteiger charge is 2.41. The molecule has 0 saturated carbocycles. The Hall–Kier alpha value is -2.95. The molecule has 5 heteroatoms. The lowest BCUT2D eigenvalue weighted by Crippen LogP contribution is -2.55. The lowest BCUT2D eigenvalue weighted by molar-refractivity contribution is -0.125. The lowest BCUT2D eigenvalue weighted by atomic mass is 9.88. The van der Waals surface area contributed by atoms with Gasteiger partial charge >= 0.3 is 0 Å². The molecule has 1 saturated heterocycles. The molecule has 0 bridgehead atoms. The fourth-order valence-corrected chi connectivity index (χ4v) is 3.77. The van der Waals surface area contributed by atoms with Crippen molar-refractivity contribution in [1.29, 1.82) is 0 Å². The van der Waals surface area contributed by atoms with Gasteiger partial charge in [0.15, 0.2) is 0 Å². The van der Waals surface area contributed by atoms with Gasteiger partial charge in [-0.05, 0) is 41.8 Å². The molecule has 2 aliphatic rings. The average Bonchev–Trinajstić information content (AvgIpc) is 2.60. The first kappa shape index (κ1) is 16.5. The highest BCUT2D eigenvalue weighted by molar-refractivity contribution is 6.26. The number of nitrogens with zero attached hydrogens (tertiary/aromatic N) is 1. The van der Waals surface area contributed by atoms with E-state index in [1.807, 2.05) is 24.3 Å². The second kappa shape index (κ2) is 5.80. The Labute approximate surface area is 151 Å².